The summed E-state index contributed by atoms with van der Waals surface area (Å²) < 4.78 is 19.5. The summed E-state index contributed by atoms with van der Waals surface area (Å²) in [5, 5.41) is 3.84. The first-order valence-corrected chi connectivity index (χ1v) is 11.6. The molecule has 3 heterocycles. The minimum Gasteiger partial charge on any atom is -0.379 e. The van der Waals surface area contributed by atoms with Gasteiger partial charge in [0.15, 0.2) is 0 Å². The summed E-state index contributed by atoms with van der Waals surface area (Å²) >= 11 is 8.83. The molecule has 1 unspecified atom stereocenters. The lowest BCUT2D eigenvalue weighted by molar-refractivity contribution is 0.0162. The smallest absolute Gasteiger partial charge is 0.263 e. The maximum Gasteiger partial charge on any atom is 0.263 e. The quantitative estimate of drug-likeness (QED) is 0.569. The molecule has 1 aromatic carbocycles. The number of thiophene rings is 1. The Kier molecular flexibility index (Phi) is 6.80. The first-order chi connectivity index (χ1) is 14.5. The first kappa shape index (κ1) is 21.4. The first-order valence-electron chi connectivity index (χ1n) is 9.60. The van der Waals surface area contributed by atoms with Crippen LogP contribution in [0.25, 0.3) is 9.88 Å². The van der Waals surface area contributed by atoms with E-state index >= 15 is 0 Å². The molecule has 5 nitrogen and oxygen atoms in total. The summed E-state index contributed by atoms with van der Waals surface area (Å²) in [5.74, 6) is -0.427. The molecule has 0 aliphatic carbocycles. The van der Waals surface area contributed by atoms with Crippen LogP contribution in [0.5, 0.6) is 0 Å². The van der Waals surface area contributed by atoms with E-state index < -0.39 is 0 Å². The van der Waals surface area contributed by atoms with Crippen molar-refractivity contribution in [3.8, 4) is 9.88 Å². The number of benzene rings is 1. The van der Waals surface area contributed by atoms with Crippen LogP contribution in [0.15, 0.2) is 36.4 Å². The Labute approximate surface area is 187 Å². The van der Waals surface area contributed by atoms with Crippen molar-refractivity contribution in [3.63, 3.8) is 0 Å². The molecule has 2 aromatic heterocycles. The largest absolute Gasteiger partial charge is 0.379 e. The number of ether oxygens (including phenoxy) is 1. The van der Waals surface area contributed by atoms with Gasteiger partial charge < -0.3 is 10.1 Å². The van der Waals surface area contributed by atoms with Crippen molar-refractivity contribution < 1.29 is 13.9 Å². The monoisotopic (exact) mass is 465 g/mol. The van der Waals surface area contributed by atoms with Crippen LogP contribution in [0.1, 0.15) is 27.0 Å². The highest BCUT2D eigenvalue weighted by molar-refractivity contribution is 7.24. The molecule has 1 aliphatic heterocycles. The van der Waals surface area contributed by atoms with Gasteiger partial charge in [0.05, 0.1) is 34.2 Å². The fourth-order valence-electron chi connectivity index (χ4n) is 3.44. The van der Waals surface area contributed by atoms with Gasteiger partial charge in [-0.05, 0) is 36.8 Å². The number of hydrogen-bond acceptors (Lipinski definition) is 6. The van der Waals surface area contributed by atoms with E-state index in [1.54, 1.807) is 12.1 Å². The number of carbonyl (C=O) groups excluding carboxylic acids is 1. The summed E-state index contributed by atoms with van der Waals surface area (Å²) in [6.07, 6.45) is 0. The second-order valence-corrected chi connectivity index (χ2v) is 9.68. The van der Waals surface area contributed by atoms with Gasteiger partial charge in [0, 0.05) is 19.6 Å². The zero-order chi connectivity index (χ0) is 21.1. The van der Waals surface area contributed by atoms with Crippen molar-refractivity contribution >= 4 is 40.2 Å². The number of thiazole rings is 1. The molecule has 1 aliphatic rings. The van der Waals surface area contributed by atoms with Gasteiger partial charge in [-0.1, -0.05) is 23.7 Å². The number of hydrogen-bond donors (Lipinski definition) is 1. The fourth-order valence-corrected chi connectivity index (χ4v) is 5.52. The van der Waals surface area contributed by atoms with Gasteiger partial charge in [0.2, 0.25) is 0 Å². The summed E-state index contributed by atoms with van der Waals surface area (Å²) in [6.45, 7) is 5.08. The van der Waals surface area contributed by atoms with Gasteiger partial charge in [-0.2, -0.15) is 0 Å². The third-order valence-corrected chi connectivity index (χ3v) is 7.54. The van der Waals surface area contributed by atoms with E-state index in [0.29, 0.717) is 34.7 Å². The van der Waals surface area contributed by atoms with Crippen molar-refractivity contribution in [1.82, 2.24) is 15.2 Å². The number of aryl methyl sites for hydroxylation is 1. The zero-order valence-electron chi connectivity index (χ0n) is 16.4. The molecule has 1 fully saturated rings. The van der Waals surface area contributed by atoms with Gasteiger partial charge >= 0.3 is 0 Å². The topological polar surface area (TPSA) is 54.5 Å². The lowest BCUT2D eigenvalue weighted by Crippen LogP contribution is -2.43. The van der Waals surface area contributed by atoms with Crippen LogP contribution in [-0.2, 0) is 4.74 Å². The number of nitrogens with zero attached hydrogens (tertiary/aromatic N) is 2. The summed E-state index contributed by atoms with van der Waals surface area (Å²) in [4.78, 5) is 21.3. The van der Waals surface area contributed by atoms with Gasteiger partial charge in [0.25, 0.3) is 5.91 Å². The molecule has 1 saturated heterocycles. The van der Waals surface area contributed by atoms with E-state index in [4.69, 9.17) is 16.3 Å². The number of amides is 1. The Bertz CT molecular complexity index is 1020. The number of nitrogens with one attached hydrogen (secondary N) is 1. The molecule has 0 radical (unpaired) electrons. The summed E-state index contributed by atoms with van der Waals surface area (Å²) in [5.41, 5.74) is 1.66. The molecule has 30 heavy (non-hydrogen) atoms. The standard InChI is InChI=1S/C21H21ClFN3O2S2/c1-13-19(30-21(25-13)17-6-7-18(22)29-17)20(27)24-12-16(26-8-10-28-11-9-26)14-2-4-15(23)5-3-14/h2-7,16H,8-12H2,1H3,(H,24,27). The average Bonchev–Trinajstić information content (AvgIpc) is 3.35. The van der Waals surface area contributed by atoms with E-state index in [9.17, 15) is 9.18 Å². The van der Waals surface area contributed by atoms with Gasteiger partial charge in [-0.25, -0.2) is 9.37 Å². The Balaban J connectivity index is 1.49. The normalized spacial score (nSPS) is 15.8. The van der Waals surface area contributed by atoms with Crippen molar-refractivity contribution in [3.05, 3.63) is 62.7 Å². The van der Waals surface area contributed by atoms with E-state index in [-0.39, 0.29) is 17.8 Å². The van der Waals surface area contributed by atoms with Gasteiger partial charge in [-0.3, -0.25) is 9.69 Å². The number of halogens is 2. The van der Waals surface area contributed by atoms with Crippen molar-refractivity contribution in [2.24, 2.45) is 0 Å². The predicted molar refractivity (Wildman–Crippen MR) is 119 cm³/mol. The van der Waals surface area contributed by atoms with E-state index in [1.807, 2.05) is 19.1 Å². The highest BCUT2D eigenvalue weighted by atomic mass is 35.5. The molecule has 4 rings (SSSR count). The second-order valence-electron chi connectivity index (χ2n) is 6.96. The Morgan fingerprint density at radius 2 is 1.97 bits per heavy atom. The average molecular weight is 466 g/mol. The Morgan fingerprint density at radius 1 is 1.23 bits per heavy atom. The highest BCUT2D eigenvalue weighted by Crippen LogP contribution is 2.35. The van der Waals surface area contributed by atoms with Crippen molar-refractivity contribution in [2.45, 2.75) is 13.0 Å². The van der Waals surface area contributed by atoms with Gasteiger partial charge in [-0.15, -0.1) is 22.7 Å². The summed E-state index contributed by atoms with van der Waals surface area (Å²) in [7, 11) is 0. The fraction of sp³-hybridized carbons (Fsp3) is 0.333. The molecule has 9 heteroatoms. The third kappa shape index (κ3) is 4.90. The SMILES string of the molecule is Cc1nc(-c2ccc(Cl)s2)sc1C(=O)NCC(c1ccc(F)cc1)N1CCOCC1. The van der Waals surface area contributed by atoms with Crippen LogP contribution in [0.3, 0.4) is 0 Å². The second kappa shape index (κ2) is 9.53. The number of morpholine rings is 1. The molecule has 158 valence electrons. The minimum absolute atomic E-state index is 0.0535. The molecule has 1 atom stereocenters. The van der Waals surface area contributed by atoms with Crippen molar-refractivity contribution in [2.75, 3.05) is 32.8 Å². The van der Waals surface area contributed by atoms with Crippen LogP contribution in [0.2, 0.25) is 4.34 Å². The summed E-state index contributed by atoms with van der Waals surface area (Å²) in [6, 6.07) is 10.1. The molecular weight excluding hydrogens is 445 g/mol. The van der Waals surface area contributed by atoms with Crippen LogP contribution in [0.4, 0.5) is 4.39 Å². The number of carbonyl (C=O) groups is 1. The van der Waals surface area contributed by atoms with Crippen molar-refractivity contribution in [1.29, 1.82) is 0 Å². The van der Waals surface area contributed by atoms with Crippen LogP contribution >= 0.6 is 34.3 Å². The lowest BCUT2D eigenvalue weighted by atomic mass is 10.0. The lowest BCUT2D eigenvalue weighted by Gasteiger charge is -2.34. The van der Waals surface area contributed by atoms with E-state index in [2.05, 4.69) is 15.2 Å². The minimum atomic E-state index is -0.273. The highest BCUT2D eigenvalue weighted by Gasteiger charge is 2.24. The maximum atomic E-state index is 13.4. The molecule has 0 saturated carbocycles. The number of aromatic nitrogens is 1. The molecule has 0 bridgehead atoms. The third-order valence-electron chi connectivity index (χ3n) is 4.98. The predicted octanol–water partition coefficient (Wildman–Crippen LogP) is 4.78. The molecule has 1 N–H and O–H groups in total. The van der Waals surface area contributed by atoms with Crippen LogP contribution in [-0.4, -0.2) is 48.6 Å². The van der Waals surface area contributed by atoms with E-state index in [0.717, 1.165) is 28.5 Å². The molecular formula is C21H21ClFN3O2S2. The van der Waals surface area contributed by atoms with Gasteiger partial charge in [0.1, 0.15) is 15.7 Å². The number of rotatable bonds is 6. The maximum absolute atomic E-state index is 13.4. The molecule has 3 aromatic rings. The Hall–Kier alpha value is -1.84. The molecule has 1 amide bonds. The van der Waals surface area contributed by atoms with Crippen LogP contribution in [0, 0.1) is 12.7 Å². The van der Waals surface area contributed by atoms with Crippen LogP contribution < -0.4 is 5.32 Å². The van der Waals surface area contributed by atoms with E-state index in [1.165, 1.54) is 34.8 Å². The zero-order valence-corrected chi connectivity index (χ0v) is 18.7. The Morgan fingerprint density at radius 3 is 2.63 bits per heavy atom. The molecule has 0 spiro atoms.